The molecule has 0 aliphatic carbocycles. The highest BCUT2D eigenvalue weighted by Gasteiger charge is 2.27. The zero-order chi connectivity index (χ0) is 14.5. The molecule has 19 heavy (non-hydrogen) atoms. The summed E-state index contributed by atoms with van der Waals surface area (Å²) >= 11 is 0. The standard InChI is InChI=1S/C12H28N4O2S/c1-11(15(3)4)9-14-19(17,18)16-7-5-12(6-8-16)10-13-2/h11-14H,5-10H2,1-4H3. The van der Waals surface area contributed by atoms with Crippen molar-refractivity contribution in [3.63, 3.8) is 0 Å². The van der Waals surface area contributed by atoms with Crippen LogP contribution in [0, 0.1) is 5.92 Å². The van der Waals surface area contributed by atoms with Crippen molar-refractivity contribution >= 4 is 10.2 Å². The van der Waals surface area contributed by atoms with Crippen LogP contribution in [0.15, 0.2) is 0 Å². The molecule has 0 aromatic carbocycles. The van der Waals surface area contributed by atoms with Crippen LogP contribution < -0.4 is 10.0 Å². The van der Waals surface area contributed by atoms with Crippen molar-refractivity contribution < 1.29 is 8.42 Å². The van der Waals surface area contributed by atoms with E-state index in [1.165, 1.54) is 0 Å². The summed E-state index contributed by atoms with van der Waals surface area (Å²) in [4.78, 5) is 2.00. The van der Waals surface area contributed by atoms with Crippen molar-refractivity contribution in [2.75, 3.05) is 47.3 Å². The molecule has 1 aliphatic rings. The fourth-order valence-corrected chi connectivity index (χ4v) is 3.47. The average molecular weight is 292 g/mol. The molecule has 1 atom stereocenters. The van der Waals surface area contributed by atoms with Gasteiger partial charge in [0.05, 0.1) is 0 Å². The first kappa shape index (κ1) is 16.8. The van der Waals surface area contributed by atoms with E-state index in [1.807, 2.05) is 33.0 Å². The van der Waals surface area contributed by atoms with Crippen molar-refractivity contribution in [2.45, 2.75) is 25.8 Å². The van der Waals surface area contributed by atoms with E-state index < -0.39 is 10.2 Å². The molecule has 6 nitrogen and oxygen atoms in total. The van der Waals surface area contributed by atoms with Crippen molar-refractivity contribution in [3.8, 4) is 0 Å². The molecule has 1 heterocycles. The van der Waals surface area contributed by atoms with E-state index >= 15 is 0 Å². The molecule has 0 radical (unpaired) electrons. The Bertz CT molecular complexity index is 351. The van der Waals surface area contributed by atoms with Crippen molar-refractivity contribution in [3.05, 3.63) is 0 Å². The average Bonchev–Trinajstić information content (AvgIpc) is 2.37. The van der Waals surface area contributed by atoms with Gasteiger partial charge in [-0.25, -0.2) is 4.72 Å². The second kappa shape index (κ2) is 7.54. The maximum Gasteiger partial charge on any atom is 0.279 e. The second-order valence-electron chi connectivity index (χ2n) is 5.57. The third kappa shape index (κ3) is 5.35. The van der Waals surface area contributed by atoms with Crippen LogP contribution in [0.2, 0.25) is 0 Å². The van der Waals surface area contributed by atoms with Crippen LogP contribution in [0.25, 0.3) is 0 Å². The molecule has 1 rings (SSSR count). The zero-order valence-electron chi connectivity index (χ0n) is 12.5. The van der Waals surface area contributed by atoms with E-state index in [4.69, 9.17) is 0 Å². The van der Waals surface area contributed by atoms with Crippen LogP contribution in [-0.4, -0.2) is 71.0 Å². The summed E-state index contributed by atoms with van der Waals surface area (Å²) in [5, 5.41) is 3.15. The molecule has 0 spiro atoms. The van der Waals surface area contributed by atoms with Crippen molar-refractivity contribution in [1.82, 2.24) is 19.2 Å². The molecule has 0 bridgehead atoms. The van der Waals surface area contributed by atoms with Gasteiger partial charge in [-0.2, -0.15) is 12.7 Å². The summed E-state index contributed by atoms with van der Waals surface area (Å²) in [6.45, 7) is 4.67. The predicted octanol–water partition coefficient (Wildman–Crippen LogP) is -0.298. The second-order valence-corrected chi connectivity index (χ2v) is 7.32. The zero-order valence-corrected chi connectivity index (χ0v) is 13.3. The molecular weight excluding hydrogens is 264 g/mol. The molecule has 114 valence electrons. The highest BCUT2D eigenvalue weighted by atomic mass is 32.2. The quantitative estimate of drug-likeness (QED) is 0.676. The molecule has 1 unspecified atom stereocenters. The van der Waals surface area contributed by atoms with E-state index in [0.29, 0.717) is 25.6 Å². The van der Waals surface area contributed by atoms with E-state index in [0.717, 1.165) is 19.4 Å². The Morgan fingerprint density at radius 2 is 1.89 bits per heavy atom. The summed E-state index contributed by atoms with van der Waals surface area (Å²) in [6, 6.07) is 0.191. The number of nitrogens with zero attached hydrogens (tertiary/aromatic N) is 2. The van der Waals surface area contributed by atoms with Gasteiger partial charge in [0, 0.05) is 25.7 Å². The lowest BCUT2D eigenvalue weighted by atomic mass is 9.98. The fourth-order valence-electron chi connectivity index (χ4n) is 2.14. The van der Waals surface area contributed by atoms with Crippen molar-refractivity contribution in [1.29, 1.82) is 0 Å². The first-order chi connectivity index (χ1) is 8.86. The smallest absolute Gasteiger partial charge is 0.279 e. The van der Waals surface area contributed by atoms with E-state index in [2.05, 4.69) is 10.0 Å². The van der Waals surface area contributed by atoms with Crippen LogP contribution in [0.1, 0.15) is 19.8 Å². The first-order valence-corrected chi connectivity index (χ1v) is 8.36. The Morgan fingerprint density at radius 3 is 2.37 bits per heavy atom. The minimum absolute atomic E-state index is 0.191. The number of likely N-dealkylation sites (N-methyl/N-ethyl adjacent to an activating group) is 1. The Balaban J connectivity index is 2.42. The monoisotopic (exact) mass is 292 g/mol. The van der Waals surface area contributed by atoms with Gasteiger partial charge in [0.25, 0.3) is 10.2 Å². The predicted molar refractivity (Wildman–Crippen MR) is 78.3 cm³/mol. The Kier molecular flexibility index (Phi) is 6.68. The molecule has 1 saturated heterocycles. The van der Waals surface area contributed by atoms with Crippen LogP contribution in [0.3, 0.4) is 0 Å². The first-order valence-electron chi connectivity index (χ1n) is 6.92. The van der Waals surface area contributed by atoms with Crippen LogP contribution in [0.5, 0.6) is 0 Å². The van der Waals surface area contributed by atoms with Gasteiger partial charge in [-0.1, -0.05) is 0 Å². The topological polar surface area (TPSA) is 64.7 Å². The molecular formula is C12H28N4O2S. The van der Waals surface area contributed by atoms with Gasteiger partial charge in [-0.05, 0) is 53.4 Å². The lowest BCUT2D eigenvalue weighted by Gasteiger charge is -2.31. The van der Waals surface area contributed by atoms with Gasteiger partial charge in [0.15, 0.2) is 0 Å². The van der Waals surface area contributed by atoms with E-state index in [-0.39, 0.29) is 6.04 Å². The number of piperidine rings is 1. The molecule has 1 fully saturated rings. The van der Waals surface area contributed by atoms with Gasteiger partial charge < -0.3 is 10.2 Å². The Morgan fingerprint density at radius 1 is 1.32 bits per heavy atom. The third-order valence-electron chi connectivity index (χ3n) is 3.85. The molecule has 0 amide bonds. The lowest BCUT2D eigenvalue weighted by molar-refractivity contribution is 0.264. The number of hydrogen-bond donors (Lipinski definition) is 2. The van der Waals surface area contributed by atoms with Crippen molar-refractivity contribution in [2.24, 2.45) is 5.92 Å². The number of hydrogen-bond acceptors (Lipinski definition) is 4. The summed E-state index contributed by atoms with van der Waals surface area (Å²) in [6.07, 6.45) is 1.87. The maximum atomic E-state index is 12.2. The summed E-state index contributed by atoms with van der Waals surface area (Å²) in [5.41, 5.74) is 0. The summed E-state index contributed by atoms with van der Waals surface area (Å²) in [7, 11) is 2.52. The minimum atomic E-state index is -3.31. The summed E-state index contributed by atoms with van der Waals surface area (Å²) < 4.78 is 28.6. The fraction of sp³-hybridized carbons (Fsp3) is 1.00. The third-order valence-corrected chi connectivity index (χ3v) is 5.43. The lowest BCUT2D eigenvalue weighted by Crippen LogP contribution is -2.48. The molecule has 7 heteroatoms. The Labute approximate surface area is 117 Å². The van der Waals surface area contributed by atoms with Gasteiger partial charge in [0.1, 0.15) is 0 Å². The molecule has 2 N–H and O–H groups in total. The van der Waals surface area contributed by atoms with Gasteiger partial charge in [-0.15, -0.1) is 0 Å². The highest BCUT2D eigenvalue weighted by molar-refractivity contribution is 7.87. The highest BCUT2D eigenvalue weighted by Crippen LogP contribution is 2.18. The van der Waals surface area contributed by atoms with Gasteiger partial charge in [0.2, 0.25) is 0 Å². The Hall–Kier alpha value is -0.210. The van der Waals surface area contributed by atoms with E-state index in [9.17, 15) is 8.42 Å². The van der Waals surface area contributed by atoms with E-state index in [1.54, 1.807) is 4.31 Å². The molecule has 0 aromatic heterocycles. The van der Waals surface area contributed by atoms with Gasteiger partial charge >= 0.3 is 0 Å². The maximum absolute atomic E-state index is 12.2. The normalized spacial score (nSPS) is 20.9. The number of rotatable bonds is 7. The van der Waals surface area contributed by atoms with Crippen LogP contribution in [-0.2, 0) is 10.2 Å². The minimum Gasteiger partial charge on any atom is -0.319 e. The largest absolute Gasteiger partial charge is 0.319 e. The van der Waals surface area contributed by atoms with Crippen LogP contribution in [0.4, 0.5) is 0 Å². The molecule has 1 aliphatic heterocycles. The molecule has 0 aromatic rings. The summed E-state index contributed by atoms with van der Waals surface area (Å²) in [5.74, 6) is 0.595. The molecule has 0 saturated carbocycles. The number of nitrogens with one attached hydrogen (secondary N) is 2. The SMILES string of the molecule is CNCC1CCN(S(=O)(=O)NCC(C)N(C)C)CC1. The van der Waals surface area contributed by atoms with Crippen LogP contribution >= 0.6 is 0 Å². The van der Waals surface area contributed by atoms with Gasteiger partial charge in [-0.3, -0.25) is 0 Å².